The average Bonchev–Trinajstić information content (AvgIpc) is 2.91. The molecule has 2 rings (SSSR count). The Bertz CT molecular complexity index is 700. The van der Waals surface area contributed by atoms with Gasteiger partial charge in [0.05, 0.1) is 16.9 Å². The molecule has 9 nitrogen and oxygen atoms in total. The van der Waals surface area contributed by atoms with Crippen LogP contribution in [0.5, 0.6) is 0 Å². The molecule has 1 aromatic heterocycles. The number of carbonyl (C=O) groups excluding carboxylic acids is 1. The fourth-order valence-corrected chi connectivity index (χ4v) is 2.73. The quantitative estimate of drug-likeness (QED) is 0.350. The Balaban J connectivity index is 1.78. The molecule has 0 saturated heterocycles. The van der Waals surface area contributed by atoms with E-state index in [0.717, 1.165) is 0 Å². The van der Waals surface area contributed by atoms with Gasteiger partial charge in [0.1, 0.15) is 0 Å². The number of nitro groups is 1. The first kappa shape index (κ1) is 15.9. The summed E-state index contributed by atoms with van der Waals surface area (Å²) in [6.07, 6.45) is 1.40. The largest absolute Gasteiger partial charge is 0.374 e. The molecule has 2 aromatic rings. The number of hydrazone groups is 1. The summed E-state index contributed by atoms with van der Waals surface area (Å²) in [6, 6.07) is 5.79. The maximum Gasteiger partial charge on any atom is 0.269 e. The molecular formula is C11H10N6O3S2. The van der Waals surface area contributed by atoms with Crippen LogP contribution < -0.4 is 11.2 Å². The number of hydrogen-bond donors (Lipinski definition) is 2. The zero-order valence-corrected chi connectivity index (χ0v) is 12.6. The highest BCUT2D eigenvalue weighted by Gasteiger charge is 2.06. The fraction of sp³-hybridized carbons (Fsp3) is 0.0909. The Morgan fingerprint density at radius 2 is 2.18 bits per heavy atom. The number of amides is 1. The van der Waals surface area contributed by atoms with Crippen molar-refractivity contribution < 1.29 is 9.72 Å². The highest BCUT2D eigenvalue weighted by atomic mass is 32.2. The second-order valence-corrected chi connectivity index (χ2v) is 6.07. The highest BCUT2D eigenvalue weighted by Crippen LogP contribution is 2.22. The molecule has 1 aromatic carbocycles. The molecule has 0 bridgehead atoms. The number of carbonyl (C=O) groups is 1. The van der Waals surface area contributed by atoms with Crippen molar-refractivity contribution in [2.75, 3.05) is 11.5 Å². The lowest BCUT2D eigenvalue weighted by Gasteiger charge is -1.97. The summed E-state index contributed by atoms with van der Waals surface area (Å²) >= 11 is 2.40. The van der Waals surface area contributed by atoms with E-state index >= 15 is 0 Å². The van der Waals surface area contributed by atoms with E-state index < -0.39 is 4.92 Å². The van der Waals surface area contributed by atoms with Crippen LogP contribution in [0.3, 0.4) is 0 Å². The lowest BCUT2D eigenvalue weighted by atomic mass is 10.2. The predicted octanol–water partition coefficient (Wildman–Crippen LogP) is 1.27. The molecule has 0 spiro atoms. The SMILES string of the molecule is Nc1nnc(SCC(=O)NN=Cc2ccc([N+](=O)[O-])cc2)s1. The molecule has 0 saturated carbocycles. The van der Waals surface area contributed by atoms with Crippen molar-refractivity contribution in [3.8, 4) is 0 Å². The van der Waals surface area contributed by atoms with Gasteiger partial charge >= 0.3 is 0 Å². The zero-order valence-electron chi connectivity index (χ0n) is 11.0. The van der Waals surface area contributed by atoms with Crippen LogP contribution in [0.1, 0.15) is 5.56 Å². The molecule has 0 unspecified atom stereocenters. The summed E-state index contributed by atoms with van der Waals surface area (Å²) in [5.41, 5.74) is 8.40. The van der Waals surface area contributed by atoms with Gasteiger partial charge in [0.15, 0.2) is 4.34 Å². The molecule has 3 N–H and O–H groups in total. The topological polar surface area (TPSA) is 136 Å². The molecule has 0 radical (unpaired) electrons. The van der Waals surface area contributed by atoms with Gasteiger partial charge in [-0.25, -0.2) is 5.43 Å². The molecule has 22 heavy (non-hydrogen) atoms. The summed E-state index contributed by atoms with van der Waals surface area (Å²) in [6.45, 7) is 0. The van der Waals surface area contributed by atoms with Crippen LogP contribution in [-0.2, 0) is 4.79 Å². The zero-order chi connectivity index (χ0) is 15.9. The number of thioether (sulfide) groups is 1. The molecule has 11 heteroatoms. The number of anilines is 1. The van der Waals surface area contributed by atoms with E-state index in [4.69, 9.17) is 5.73 Å². The minimum Gasteiger partial charge on any atom is -0.374 e. The predicted molar refractivity (Wildman–Crippen MR) is 83.9 cm³/mol. The number of non-ortho nitro benzene ring substituents is 1. The van der Waals surface area contributed by atoms with Gasteiger partial charge < -0.3 is 5.73 Å². The van der Waals surface area contributed by atoms with Gasteiger partial charge in [0, 0.05) is 12.1 Å². The number of rotatable bonds is 6. The summed E-state index contributed by atoms with van der Waals surface area (Å²) in [7, 11) is 0. The summed E-state index contributed by atoms with van der Waals surface area (Å²) in [5, 5.41) is 22.0. The van der Waals surface area contributed by atoms with Crippen LogP contribution in [0.15, 0.2) is 33.7 Å². The molecule has 114 valence electrons. The smallest absolute Gasteiger partial charge is 0.269 e. The van der Waals surface area contributed by atoms with Crippen molar-refractivity contribution >= 4 is 46.0 Å². The van der Waals surface area contributed by atoms with Gasteiger partial charge in [-0.15, -0.1) is 10.2 Å². The van der Waals surface area contributed by atoms with Crippen molar-refractivity contribution in [1.29, 1.82) is 0 Å². The number of hydrogen-bond acceptors (Lipinski definition) is 9. The second kappa shape index (κ2) is 7.47. The number of nitro benzene ring substituents is 1. The fourth-order valence-electron chi connectivity index (χ4n) is 1.30. The number of nitrogens with one attached hydrogen (secondary N) is 1. The van der Waals surface area contributed by atoms with E-state index in [2.05, 4.69) is 20.7 Å². The molecule has 0 aliphatic carbocycles. The molecule has 1 amide bonds. The van der Waals surface area contributed by atoms with Crippen molar-refractivity contribution in [2.24, 2.45) is 5.10 Å². The Morgan fingerprint density at radius 1 is 1.45 bits per heavy atom. The van der Waals surface area contributed by atoms with Crippen molar-refractivity contribution in [2.45, 2.75) is 4.34 Å². The lowest BCUT2D eigenvalue weighted by Crippen LogP contribution is -2.19. The van der Waals surface area contributed by atoms with Crippen molar-refractivity contribution in [1.82, 2.24) is 15.6 Å². The first-order valence-corrected chi connectivity index (χ1v) is 7.63. The average molecular weight is 338 g/mol. The maximum atomic E-state index is 11.5. The lowest BCUT2D eigenvalue weighted by molar-refractivity contribution is -0.384. The third kappa shape index (κ3) is 4.79. The first-order chi connectivity index (χ1) is 10.5. The second-order valence-electron chi connectivity index (χ2n) is 3.84. The molecule has 0 atom stereocenters. The normalized spacial score (nSPS) is 10.7. The van der Waals surface area contributed by atoms with Crippen LogP contribution in [-0.4, -0.2) is 33.0 Å². The minimum absolute atomic E-state index is 0.00563. The van der Waals surface area contributed by atoms with Crippen LogP contribution in [0.4, 0.5) is 10.8 Å². The third-order valence-corrected chi connectivity index (χ3v) is 4.14. The van der Waals surface area contributed by atoms with Crippen molar-refractivity contribution in [3.63, 3.8) is 0 Å². The monoisotopic (exact) mass is 338 g/mol. The summed E-state index contributed by atoms with van der Waals surface area (Å²) in [4.78, 5) is 21.6. The molecular weight excluding hydrogens is 328 g/mol. The van der Waals surface area contributed by atoms with Crippen LogP contribution in [0.25, 0.3) is 0 Å². The van der Waals surface area contributed by atoms with Gasteiger partial charge in [-0.1, -0.05) is 23.1 Å². The van der Waals surface area contributed by atoms with E-state index in [1.54, 1.807) is 0 Å². The van der Waals surface area contributed by atoms with E-state index in [1.807, 2.05) is 0 Å². The van der Waals surface area contributed by atoms with Gasteiger partial charge in [0.25, 0.3) is 11.6 Å². The van der Waals surface area contributed by atoms with E-state index in [1.165, 1.54) is 53.6 Å². The number of nitrogen functional groups attached to an aromatic ring is 1. The minimum atomic E-state index is -0.486. The number of aromatic nitrogens is 2. The Hall–Kier alpha value is -2.53. The van der Waals surface area contributed by atoms with Gasteiger partial charge in [0.2, 0.25) is 5.13 Å². The first-order valence-electron chi connectivity index (χ1n) is 5.83. The number of nitrogens with zero attached hydrogens (tertiary/aromatic N) is 4. The van der Waals surface area contributed by atoms with Gasteiger partial charge in [-0.2, -0.15) is 5.10 Å². The van der Waals surface area contributed by atoms with Gasteiger partial charge in [-0.3, -0.25) is 14.9 Å². The Labute approximate surface area is 132 Å². The highest BCUT2D eigenvalue weighted by molar-refractivity contribution is 8.01. The van der Waals surface area contributed by atoms with E-state index in [9.17, 15) is 14.9 Å². The molecule has 1 heterocycles. The number of benzene rings is 1. The van der Waals surface area contributed by atoms with Crippen LogP contribution >= 0.6 is 23.1 Å². The van der Waals surface area contributed by atoms with E-state index in [0.29, 0.717) is 15.0 Å². The third-order valence-electron chi connectivity index (χ3n) is 2.26. The number of nitrogens with two attached hydrogens (primary N) is 1. The standard InChI is InChI=1S/C11H10N6O3S2/c12-10-15-16-11(22-10)21-6-9(18)14-13-5-7-1-3-8(4-2-7)17(19)20/h1-5H,6H2,(H2,12,15)(H,14,18). The molecule has 0 aliphatic heterocycles. The Kier molecular flexibility index (Phi) is 5.38. The molecule has 0 fully saturated rings. The summed E-state index contributed by atoms with van der Waals surface area (Å²) < 4.78 is 0.604. The molecule has 0 aliphatic rings. The van der Waals surface area contributed by atoms with Crippen LogP contribution in [0.2, 0.25) is 0 Å². The maximum absolute atomic E-state index is 11.5. The van der Waals surface area contributed by atoms with Crippen molar-refractivity contribution in [3.05, 3.63) is 39.9 Å². The van der Waals surface area contributed by atoms with Crippen LogP contribution in [0, 0.1) is 10.1 Å². The van der Waals surface area contributed by atoms with E-state index in [-0.39, 0.29) is 17.3 Å². The van der Waals surface area contributed by atoms with Gasteiger partial charge in [-0.05, 0) is 17.7 Å². The Morgan fingerprint density at radius 3 is 2.77 bits per heavy atom. The summed E-state index contributed by atoms with van der Waals surface area (Å²) in [5.74, 6) is -0.177.